The van der Waals surface area contributed by atoms with Gasteiger partial charge in [0.05, 0.1) is 0 Å². The summed E-state index contributed by atoms with van der Waals surface area (Å²) in [5.41, 5.74) is 9.28. The fourth-order valence-corrected chi connectivity index (χ4v) is 4.33. The van der Waals surface area contributed by atoms with Gasteiger partial charge in [-0.15, -0.1) is 0 Å². The number of nitrogens with two attached hydrogens (primary N) is 1. The van der Waals surface area contributed by atoms with Crippen molar-refractivity contribution in [2.24, 2.45) is 11.7 Å². The summed E-state index contributed by atoms with van der Waals surface area (Å²) in [7, 11) is 0. The molecule has 3 rings (SSSR count). The van der Waals surface area contributed by atoms with Crippen LogP contribution in [-0.4, -0.2) is 30.6 Å². The van der Waals surface area contributed by atoms with Crippen LogP contribution in [0.2, 0.25) is 0 Å². The lowest BCUT2D eigenvalue weighted by atomic mass is 9.87. The zero-order valence-corrected chi connectivity index (χ0v) is 14.3. The Morgan fingerprint density at radius 3 is 2.41 bits per heavy atom. The molecule has 2 N–H and O–H groups in total. The van der Waals surface area contributed by atoms with E-state index in [1.54, 1.807) is 0 Å². The van der Waals surface area contributed by atoms with Gasteiger partial charge < -0.3 is 10.6 Å². The van der Waals surface area contributed by atoms with Gasteiger partial charge in [0.15, 0.2) is 0 Å². The van der Waals surface area contributed by atoms with E-state index in [0.29, 0.717) is 17.9 Å². The quantitative estimate of drug-likeness (QED) is 0.906. The van der Waals surface area contributed by atoms with Crippen molar-refractivity contribution in [3.05, 3.63) is 35.4 Å². The van der Waals surface area contributed by atoms with Gasteiger partial charge in [0.1, 0.15) is 0 Å². The van der Waals surface area contributed by atoms with Crippen LogP contribution in [-0.2, 0) is 0 Å². The monoisotopic (exact) mass is 300 g/mol. The smallest absolute Gasteiger partial charge is 0.0174 e. The Morgan fingerprint density at radius 2 is 1.77 bits per heavy atom. The van der Waals surface area contributed by atoms with Gasteiger partial charge in [-0.25, -0.2) is 0 Å². The van der Waals surface area contributed by atoms with Crippen molar-refractivity contribution < 1.29 is 0 Å². The van der Waals surface area contributed by atoms with Gasteiger partial charge in [-0.1, -0.05) is 51.0 Å². The van der Waals surface area contributed by atoms with Crippen molar-refractivity contribution in [3.63, 3.8) is 0 Å². The Kier molecular flexibility index (Phi) is 5.20. The molecule has 0 spiro atoms. The fourth-order valence-electron chi connectivity index (χ4n) is 4.33. The minimum atomic E-state index is 0.338. The molecule has 1 aromatic rings. The lowest BCUT2D eigenvalue weighted by molar-refractivity contribution is 0.164. The van der Waals surface area contributed by atoms with Crippen molar-refractivity contribution in [1.29, 1.82) is 0 Å². The van der Waals surface area contributed by atoms with Crippen molar-refractivity contribution in [2.45, 2.75) is 63.8 Å². The van der Waals surface area contributed by atoms with Gasteiger partial charge in [-0.05, 0) is 48.1 Å². The number of nitrogens with zero attached hydrogens (tertiary/aromatic N) is 1. The van der Waals surface area contributed by atoms with Crippen LogP contribution in [0, 0.1) is 5.92 Å². The number of piperidine rings is 1. The van der Waals surface area contributed by atoms with Crippen LogP contribution < -0.4 is 5.73 Å². The molecule has 0 bridgehead atoms. The zero-order valence-electron chi connectivity index (χ0n) is 14.3. The molecule has 1 aromatic carbocycles. The van der Waals surface area contributed by atoms with Gasteiger partial charge in [0, 0.05) is 25.7 Å². The molecular weight excluding hydrogens is 268 g/mol. The minimum Gasteiger partial charge on any atom is -0.327 e. The van der Waals surface area contributed by atoms with Crippen LogP contribution in [0.4, 0.5) is 0 Å². The van der Waals surface area contributed by atoms with E-state index >= 15 is 0 Å². The van der Waals surface area contributed by atoms with Gasteiger partial charge in [0.2, 0.25) is 0 Å². The van der Waals surface area contributed by atoms with E-state index in [4.69, 9.17) is 5.73 Å². The third-order valence-electron chi connectivity index (χ3n) is 5.62. The second-order valence-corrected chi connectivity index (χ2v) is 7.88. The highest BCUT2D eigenvalue weighted by atomic mass is 15.2. The summed E-state index contributed by atoms with van der Waals surface area (Å²) < 4.78 is 0. The van der Waals surface area contributed by atoms with Crippen molar-refractivity contribution >= 4 is 0 Å². The number of hydrogen-bond donors (Lipinski definition) is 1. The highest BCUT2D eigenvalue weighted by Gasteiger charge is 2.28. The minimum absolute atomic E-state index is 0.338. The molecule has 2 fully saturated rings. The molecule has 2 atom stereocenters. The lowest BCUT2D eigenvalue weighted by Gasteiger charge is -2.38. The third kappa shape index (κ3) is 3.91. The number of hydrogen-bond acceptors (Lipinski definition) is 2. The van der Waals surface area contributed by atoms with Crippen LogP contribution in [0.5, 0.6) is 0 Å². The third-order valence-corrected chi connectivity index (χ3v) is 5.62. The molecule has 2 heteroatoms. The molecule has 1 aliphatic heterocycles. The Labute approximate surface area is 136 Å². The van der Waals surface area contributed by atoms with Crippen LogP contribution in [0.3, 0.4) is 0 Å². The first-order valence-corrected chi connectivity index (χ1v) is 9.19. The summed E-state index contributed by atoms with van der Waals surface area (Å²) >= 11 is 0. The summed E-state index contributed by atoms with van der Waals surface area (Å²) in [6.07, 6.45) is 6.87. The Bertz CT molecular complexity index is 459. The zero-order chi connectivity index (χ0) is 15.5. The average Bonchev–Trinajstić information content (AvgIpc) is 2.99. The summed E-state index contributed by atoms with van der Waals surface area (Å²) in [5, 5.41) is 0. The molecule has 0 radical (unpaired) electrons. The van der Waals surface area contributed by atoms with E-state index in [1.807, 2.05) is 0 Å². The molecule has 2 aliphatic rings. The van der Waals surface area contributed by atoms with E-state index < -0.39 is 0 Å². The summed E-state index contributed by atoms with van der Waals surface area (Å²) in [5.74, 6) is 2.15. The largest absolute Gasteiger partial charge is 0.327 e. The van der Waals surface area contributed by atoms with Crippen molar-refractivity contribution in [3.8, 4) is 0 Å². The standard InChI is InChI=1S/C20H32N2/c1-15(2)17-7-9-18(10-8-17)19-11-20(21)14-22(13-19)12-16-5-3-4-6-16/h7-10,15-16,19-20H,3-6,11-14,21H2,1-2H3. The Morgan fingerprint density at radius 1 is 1.09 bits per heavy atom. The number of likely N-dealkylation sites (tertiary alicyclic amines) is 1. The van der Waals surface area contributed by atoms with E-state index in [-0.39, 0.29) is 0 Å². The van der Waals surface area contributed by atoms with Crippen LogP contribution >= 0.6 is 0 Å². The summed E-state index contributed by atoms with van der Waals surface area (Å²) in [4.78, 5) is 2.64. The van der Waals surface area contributed by atoms with Gasteiger partial charge in [0.25, 0.3) is 0 Å². The highest BCUT2D eigenvalue weighted by molar-refractivity contribution is 5.28. The first kappa shape index (κ1) is 16.0. The second-order valence-electron chi connectivity index (χ2n) is 7.88. The molecule has 1 heterocycles. The normalized spacial score (nSPS) is 27.6. The highest BCUT2D eigenvalue weighted by Crippen LogP contribution is 2.31. The average molecular weight is 300 g/mol. The molecule has 2 unspecified atom stereocenters. The first-order chi connectivity index (χ1) is 10.6. The summed E-state index contributed by atoms with van der Waals surface area (Å²) in [6.45, 7) is 8.08. The molecule has 1 saturated heterocycles. The van der Waals surface area contributed by atoms with E-state index in [1.165, 1.54) is 49.9 Å². The number of benzene rings is 1. The van der Waals surface area contributed by atoms with Crippen molar-refractivity contribution in [2.75, 3.05) is 19.6 Å². The molecule has 0 aromatic heterocycles. The second kappa shape index (κ2) is 7.14. The molecule has 1 aliphatic carbocycles. The van der Waals surface area contributed by atoms with E-state index in [2.05, 4.69) is 43.0 Å². The van der Waals surface area contributed by atoms with Crippen molar-refractivity contribution in [1.82, 2.24) is 4.90 Å². The Balaban J connectivity index is 1.64. The molecule has 22 heavy (non-hydrogen) atoms. The lowest BCUT2D eigenvalue weighted by Crippen LogP contribution is -2.47. The molecule has 1 saturated carbocycles. The SMILES string of the molecule is CC(C)c1ccc(C2CC(N)CN(CC3CCCC3)C2)cc1. The maximum Gasteiger partial charge on any atom is 0.0174 e. The van der Waals surface area contributed by atoms with Crippen LogP contribution in [0.1, 0.15) is 68.9 Å². The van der Waals surface area contributed by atoms with E-state index in [0.717, 1.165) is 18.9 Å². The maximum atomic E-state index is 6.36. The maximum absolute atomic E-state index is 6.36. The first-order valence-electron chi connectivity index (χ1n) is 9.19. The van der Waals surface area contributed by atoms with Crippen LogP contribution in [0.25, 0.3) is 0 Å². The molecule has 122 valence electrons. The molecule has 2 nitrogen and oxygen atoms in total. The predicted octanol–water partition coefficient (Wildman–Crippen LogP) is 4.12. The Hall–Kier alpha value is -0.860. The predicted molar refractivity (Wildman–Crippen MR) is 94.3 cm³/mol. The van der Waals surface area contributed by atoms with E-state index in [9.17, 15) is 0 Å². The fraction of sp³-hybridized carbons (Fsp3) is 0.700. The van der Waals surface area contributed by atoms with Gasteiger partial charge in [-0.2, -0.15) is 0 Å². The van der Waals surface area contributed by atoms with Crippen LogP contribution in [0.15, 0.2) is 24.3 Å². The van der Waals surface area contributed by atoms with Gasteiger partial charge >= 0.3 is 0 Å². The molecular formula is C20H32N2. The topological polar surface area (TPSA) is 29.3 Å². The molecule has 0 amide bonds. The summed E-state index contributed by atoms with van der Waals surface area (Å²) in [6, 6.07) is 9.63. The number of rotatable bonds is 4. The van der Waals surface area contributed by atoms with Gasteiger partial charge in [-0.3, -0.25) is 0 Å².